The molecular weight excluding hydrogens is 420 g/mol. The number of piperazine rings is 1. The lowest BCUT2D eigenvalue weighted by Crippen LogP contribution is -2.52. The molecule has 2 heterocycles. The van der Waals surface area contributed by atoms with Gasteiger partial charge in [0.1, 0.15) is 6.04 Å². The van der Waals surface area contributed by atoms with Gasteiger partial charge in [-0.3, -0.25) is 9.59 Å². The van der Waals surface area contributed by atoms with Crippen LogP contribution >= 0.6 is 0 Å². The minimum Gasteiger partial charge on any atom is -0.340 e. The normalized spacial score (nSPS) is 20.6. The van der Waals surface area contributed by atoms with Gasteiger partial charge in [-0.2, -0.15) is 4.31 Å². The first-order valence-corrected chi connectivity index (χ1v) is 12.0. The van der Waals surface area contributed by atoms with Crippen LogP contribution in [-0.4, -0.2) is 72.9 Å². The van der Waals surface area contributed by atoms with Crippen LogP contribution in [0.25, 0.3) is 0 Å². The van der Waals surface area contributed by atoms with Gasteiger partial charge in [0.05, 0.1) is 17.4 Å². The van der Waals surface area contributed by atoms with Crippen LogP contribution in [0.1, 0.15) is 45.6 Å². The molecule has 0 spiro atoms. The molecule has 2 saturated heterocycles. The number of carbonyl (C=O) groups is 3. The van der Waals surface area contributed by atoms with Crippen molar-refractivity contribution >= 4 is 33.6 Å². The Hall–Kier alpha value is -2.46. The topological polar surface area (TPSA) is 107 Å². The van der Waals surface area contributed by atoms with Crippen molar-refractivity contribution in [2.24, 2.45) is 0 Å². The standard InChI is InChI=1S/C21H30N4O5S/c1-14(2)16-5-7-17(8-6-16)25-20(27)18(22-21(25)28)13-19(26)23-9-11-24(12-10-23)31(29,30)15(3)4/h5-8,14-15,18H,9-13H2,1-4H3,(H,22,28)/t18-/m1/s1. The first kappa shape index (κ1) is 23.2. The van der Waals surface area contributed by atoms with E-state index in [2.05, 4.69) is 19.2 Å². The number of nitrogens with zero attached hydrogens (tertiary/aromatic N) is 3. The monoisotopic (exact) mass is 450 g/mol. The minimum absolute atomic E-state index is 0.151. The highest BCUT2D eigenvalue weighted by Crippen LogP contribution is 2.24. The van der Waals surface area contributed by atoms with E-state index in [0.29, 0.717) is 11.6 Å². The number of hydrogen-bond acceptors (Lipinski definition) is 5. The highest BCUT2D eigenvalue weighted by atomic mass is 32.2. The fraction of sp³-hybridized carbons (Fsp3) is 0.571. The Bertz CT molecular complexity index is 950. The average molecular weight is 451 g/mol. The van der Waals surface area contributed by atoms with E-state index in [1.54, 1.807) is 30.9 Å². The quantitative estimate of drug-likeness (QED) is 0.661. The van der Waals surface area contributed by atoms with Gasteiger partial charge in [0, 0.05) is 26.2 Å². The summed E-state index contributed by atoms with van der Waals surface area (Å²) in [7, 11) is -3.36. The van der Waals surface area contributed by atoms with Gasteiger partial charge in [-0.1, -0.05) is 26.0 Å². The summed E-state index contributed by atoms with van der Waals surface area (Å²) in [6, 6.07) is 5.74. The zero-order chi connectivity index (χ0) is 22.9. The molecule has 2 fully saturated rings. The molecule has 31 heavy (non-hydrogen) atoms. The zero-order valence-corrected chi connectivity index (χ0v) is 19.2. The maximum atomic E-state index is 12.8. The molecule has 170 valence electrons. The van der Waals surface area contributed by atoms with Gasteiger partial charge in [0.25, 0.3) is 5.91 Å². The first-order valence-electron chi connectivity index (χ1n) is 10.5. The fourth-order valence-corrected chi connectivity index (χ4v) is 4.98. The number of rotatable bonds is 6. The number of urea groups is 1. The Morgan fingerprint density at radius 1 is 1.03 bits per heavy atom. The van der Waals surface area contributed by atoms with Crippen molar-refractivity contribution in [2.45, 2.75) is 51.3 Å². The van der Waals surface area contributed by atoms with Gasteiger partial charge in [0.15, 0.2) is 0 Å². The number of anilines is 1. The minimum atomic E-state index is -3.36. The number of hydrogen-bond donors (Lipinski definition) is 1. The van der Waals surface area contributed by atoms with E-state index in [-0.39, 0.29) is 38.5 Å². The SMILES string of the molecule is CC(C)c1ccc(N2C(=O)N[C@H](CC(=O)N3CCN(S(=O)(=O)C(C)C)CC3)C2=O)cc1. The van der Waals surface area contributed by atoms with Crippen molar-refractivity contribution in [3.8, 4) is 0 Å². The molecule has 0 aliphatic carbocycles. The third kappa shape index (κ3) is 4.74. The predicted octanol–water partition coefficient (Wildman–Crippen LogP) is 1.51. The number of carbonyl (C=O) groups excluding carboxylic acids is 3. The van der Waals surface area contributed by atoms with E-state index in [1.165, 1.54) is 4.31 Å². The summed E-state index contributed by atoms with van der Waals surface area (Å²) in [5.74, 6) is -0.410. The molecule has 1 N–H and O–H groups in total. The molecule has 0 saturated carbocycles. The summed E-state index contributed by atoms with van der Waals surface area (Å²) < 4.78 is 25.9. The van der Waals surface area contributed by atoms with Gasteiger partial charge in [-0.25, -0.2) is 18.1 Å². The third-order valence-electron chi connectivity index (χ3n) is 5.76. The molecule has 0 aromatic heterocycles. The largest absolute Gasteiger partial charge is 0.340 e. The Kier molecular flexibility index (Phi) is 6.70. The lowest BCUT2D eigenvalue weighted by Gasteiger charge is -2.35. The molecule has 0 radical (unpaired) electrons. The van der Waals surface area contributed by atoms with Crippen molar-refractivity contribution in [2.75, 3.05) is 31.1 Å². The second-order valence-corrected chi connectivity index (χ2v) is 11.0. The Labute approximate surface area is 183 Å². The zero-order valence-electron chi connectivity index (χ0n) is 18.4. The van der Waals surface area contributed by atoms with E-state index < -0.39 is 33.3 Å². The molecule has 2 aliphatic heterocycles. The molecule has 9 nitrogen and oxygen atoms in total. The van der Waals surface area contributed by atoms with Gasteiger partial charge >= 0.3 is 6.03 Å². The summed E-state index contributed by atoms with van der Waals surface area (Å²) in [5.41, 5.74) is 1.57. The Morgan fingerprint density at radius 2 is 1.61 bits per heavy atom. The third-order valence-corrected chi connectivity index (χ3v) is 8.04. The van der Waals surface area contributed by atoms with Crippen LogP contribution in [0.4, 0.5) is 10.5 Å². The Balaban J connectivity index is 1.60. The van der Waals surface area contributed by atoms with Crippen LogP contribution in [0.15, 0.2) is 24.3 Å². The maximum Gasteiger partial charge on any atom is 0.329 e. The van der Waals surface area contributed by atoms with Crippen molar-refractivity contribution in [3.63, 3.8) is 0 Å². The average Bonchev–Trinajstić information content (AvgIpc) is 3.00. The molecule has 0 bridgehead atoms. The maximum absolute atomic E-state index is 12.8. The lowest BCUT2D eigenvalue weighted by atomic mass is 10.0. The van der Waals surface area contributed by atoms with E-state index in [0.717, 1.165) is 10.5 Å². The number of benzene rings is 1. The van der Waals surface area contributed by atoms with E-state index in [1.807, 2.05) is 12.1 Å². The van der Waals surface area contributed by atoms with Crippen LogP contribution in [0.3, 0.4) is 0 Å². The predicted molar refractivity (Wildman–Crippen MR) is 117 cm³/mol. The van der Waals surface area contributed by atoms with Crippen molar-refractivity contribution in [3.05, 3.63) is 29.8 Å². The number of amides is 4. The summed E-state index contributed by atoms with van der Waals surface area (Å²) >= 11 is 0. The smallest absolute Gasteiger partial charge is 0.329 e. The van der Waals surface area contributed by atoms with Gasteiger partial charge < -0.3 is 10.2 Å². The molecular formula is C21H30N4O5S. The van der Waals surface area contributed by atoms with Crippen LogP contribution in [-0.2, 0) is 19.6 Å². The van der Waals surface area contributed by atoms with Gasteiger partial charge in [-0.15, -0.1) is 0 Å². The fourth-order valence-electron chi connectivity index (χ4n) is 3.72. The molecule has 1 aromatic carbocycles. The summed E-state index contributed by atoms with van der Waals surface area (Å²) in [6.45, 7) is 8.36. The first-order chi connectivity index (χ1) is 14.5. The van der Waals surface area contributed by atoms with Crippen LogP contribution in [0.2, 0.25) is 0 Å². The van der Waals surface area contributed by atoms with Crippen LogP contribution in [0.5, 0.6) is 0 Å². The van der Waals surface area contributed by atoms with Gasteiger partial charge in [0.2, 0.25) is 15.9 Å². The number of nitrogens with one attached hydrogen (secondary N) is 1. The second-order valence-electron chi connectivity index (χ2n) is 8.50. The number of sulfonamides is 1. The Morgan fingerprint density at radius 3 is 2.13 bits per heavy atom. The van der Waals surface area contributed by atoms with Crippen molar-refractivity contribution in [1.82, 2.24) is 14.5 Å². The van der Waals surface area contributed by atoms with Crippen molar-refractivity contribution in [1.29, 1.82) is 0 Å². The van der Waals surface area contributed by atoms with Crippen LogP contribution in [0, 0.1) is 0 Å². The van der Waals surface area contributed by atoms with E-state index in [9.17, 15) is 22.8 Å². The summed E-state index contributed by atoms with van der Waals surface area (Å²) in [6.07, 6.45) is -0.151. The van der Waals surface area contributed by atoms with Crippen LogP contribution < -0.4 is 10.2 Å². The molecule has 1 atom stereocenters. The van der Waals surface area contributed by atoms with Gasteiger partial charge in [-0.05, 0) is 37.5 Å². The van der Waals surface area contributed by atoms with E-state index in [4.69, 9.17) is 0 Å². The lowest BCUT2D eigenvalue weighted by molar-refractivity contribution is -0.134. The molecule has 2 aliphatic rings. The molecule has 0 unspecified atom stereocenters. The van der Waals surface area contributed by atoms with E-state index >= 15 is 0 Å². The highest BCUT2D eigenvalue weighted by Gasteiger charge is 2.41. The molecule has 4 amide bonds. The number of imide groups is 1. The summed E-state index contributed by atoms with van der Waals surface area (Å²) in [5, 5.41) is 2.08. The molecule has 3 rings (SSSR count). The molecule has 1 aromatic rings. The van der Waals surface area contributed by atoms with Crippen molar-refractivity contribution < 1.29 is 22.8 Å². The molecule has 10 heteroatoms. The second kappa shape index (κ2) is 8.96. The summed E-state index contributed by atoms with van der Waals surface area (Å²) in [4.78, 5) is 40.5. The highest BCUT2D eigenvalue weighted by molar-refractivity contribution is 7.89.